The molecule has 0 fully saturated rings. The minimum Gasteiger partial charge on any atom is -0.384 e. The second kappa shape index (κ2) is 8.60. The number of rotatable bonds is 5. The number of aryl methyl sites for hydroxylation is 1. The van der Waals surface area contributed by atoms with Crippen molar-refractivity contribution in [2.45, 2.75) is 25.5 Å². The predicted octanol–water partition coefficient (Wildman–Crippen LogP) is 1.23. The molecule has 0 saturated heterocycles. The molecule has 0 heterocycles. The first-order valence-corrected chi connectivity index (χ1v) is 8.38. The first-order chi connectivity index (χ1) is 9.95. The van der Waals surface area contributed by atoms with Crippen molar-refractivity contribution in [1.82, 2.24) is 5.32 Å². The van der Waals surface area contributed by atoms with E-state index in [0.29, 0.717) is 24.1 Å². The standard InChI is InChI=1S/C16H21NO3S/c1-12-6-7-14(5-4-10-18)15(11-12)16(19)17-9-8-13(2)21(3)20/h6-7,11,13,18H,8-10H2,1-3H3,(H,17,19). The number of amides is 1. The van der Waals surface area contributed by atoms with E-state index in [9.17, 15) is 9.00 Å². The molecule has 2 atom stereocenters. The van der Waals surface area contributed by atoms with Crippen LogP contribution in [0.15, 0.2) is 18.2 Å². The highest BCUT2D eigenvalue weighted by molar-refractivity contribution is 7.84. The van der Waals surface area contributed by atoms with E-state index in [-0.39, 0.29) is 17.8 Å². The van der Waals surface area contributed by atoms with Gasteiger partial charge in [0.2, 0.25) is 0 Å². The van der Waals surface area contributed by atoms with Crippen molar-refractivity contribution in [3.63, 3.8) is 0 Å². The first kappa shape index (κ1) is 17.4. The molecule has 1 rings (SSSR count). The number of benzene rings is 1. The molecule has 114 valence electrons. The summed E-state index contributed by atoms with van der Waals surface area (Å²) in [5.74, 6) is 5.13. The molecule has 0 aromatic heterocycles. The van der Waals surface area contributed by atoms with Crippen LogP contribution in [0.4, 0.5) is 0 Å². The second-order valence-corrected chi connectivity index (χ2v) is 6.66. The number of hydrogen-bond acceptors (Lipinski definition) is 3. The highest BCUT2D eigenvalue weighted by Crippen LogP contribution is 2.11. The fourth-order valence-corrected chi connectivity index (χ4v) is 2.19. The lowest BCUT2D eigenvalue weighted by atomic mass is 10.0. The summed E-state index contributed by atoms with van der Waals surface area (Å²) in [6, 6.07) is 5.43. The van der Waals surface area contributed by atoms with Gasteiger partial charge in [0.15, 0.2) is 0 Å². The largest absolute Gasteiger partial charge is 0.384 e. The van der Waals surface area contributed by atoms with Gasteiger partial charge in [-0.2, -0.15) is 0 Å². The zero-order valence-electron chi connectivity index (χ0n) is 12.6. The van der Waals surface area contributed by atoms with Crippen molar-refractivity contribution in [2.75, 3.05) is 19.4 Å². The molecule has 0 aliphatic carbocycles. The van der Waals surface area contributed by atoms with Crippen LogP contribution in [0.3, 0.4) is 0 Å². The average Bonchev–Trinajstić information content (AvgIpc) is 2.45. The molecular weight excluding hydrogens is 286 g/mol. The topological polar surface area (TPSA) is 66.4 Å². The fraction of sp³-hybridized carbons (Fsp3) is 0.438. The van der Waals surface area contributed by atoms with E-state index in [1.807, 2.05) is 19.9 Å². The SMILES string of the molecule is Cc1ccc(C#CCO)c(C(=O)NCCC(C)S(C)=O)c1. The van der Waals surface area contributed by atoms with Gasteiger partial charge in [-0.25, -0.2) is 0 Å². The Morgan fingerprint density at radius 1 is 1.48 bits per heavy atom. The van der Waals surface area contributed by atoms with Gasteiger partial charge in [-0.15, -0.1) is 0 Å². The Kier molecular flexibility index (Phi) is 7.13. The summed E-state index contributed by atoms with van der Waals surface area (Å²) in [4.78, 5) is 12.2. The monoisotopic (exact) mass is 307 g/mol. The molecule has 0 spiro atoms. The number of carbonyl (C=O) groups is 1. The van der Waals surface area contributed by atoms with Gasteiger partial charge >= 0.3 is 0 Å². The van der Waals surface area contributed by atoms with Crippen molar-refractivity contribution < 1.29 is 14.1 Å². The van der Waals surface area contributed by atoms with Gasteiger partial charge in [0.1, 0.15) is 6.61 Å². The summed E-state index contributed by atoms with van der Waals surface area (Å²) >= 11 is 0. The third-order valence-corrected chi connectivity index (χ3v) is 4.49. The highest BCUT2D eigenvalue weighted by atomic mass is 32.2. The van der Waals surface area contributed by atoms with Crippen molar-refractivity contribution in [1.29, 1.82) is 0 Å². The van der Waals surface area contributed by atoms with Gasteiger partial charge in [-0.3, -0.25) is 9.00 Å². The Hall–Kier alpha value is -1.64. The van der Waals surface area contributed by atoms with Crippen molar-refractivity contribution in [3.05, 3.63) is 34.9 Å². The summed E-state index contributed by atoms with van der Waals surface area (Å²) in [6.45, 7) is 4.03. The summed E-state index contributed by atoms with van der Waals surface area (Å²) in [7, 11) is -0.883. The quantitative estimate of drug-likeness (QED) is 0.804. The number of hydrogen-bond donors (Lipinski definition) is 2. The van der Waals surface area contributed by atoms with E-state index in [0.717, 1.165) is 5.56 Å². The lowest BCUT2D eigenvalue weighted by Gasteiger charge is -2.10. The van der Waals surface area contributed by atoms with Crippen LogP contribution >= 0.6 is 0 Å². The van der Waals surface area contributed by atoms with Crippen LogP contribution in [0.2, 0.25) is 0 Å². The molecule has 1 aromatic carbocycles. The van der Waals surface area contributed by atoms with Gasteiger partial charge in [0, 0.05) is 34.4 Å². The summed E-state index contributed by atoms with van der Waals surface area (Å²) in [5.41, 5.74) is 2.07. The maximum Gasteiger partial charge on any atom is 0.252 e. The fourth-order valence-electron chi connectivity index (χ4n) is 1.74. The lowest BCUT2D eigenvalue weighted by Crippen LogP contribution is -2.28. The summed E-state index contributed by atoms with van der Waals surface area (Å²) in [6.07, 6.45) is 2.33. The van der Waals surface area contributed by atoms with Crippen molar-refractivity contribution >= 4 is 16.7 Å². The van der Waals surface area contributed by atoms with E-state index in [4.69, 9.17) is 5.11 Å². The summed E-state index contributed by atoms with van der Waals surface area (Å²) < 4.78 is 11.3. The molecule has 4 nitrogen and oxygen atoms in total. The molecule has 0 aliphatic rings. The number of nitrogens with one attached hydrogen (secondary N) is 1. The zero-order chi connectivity index (χ0) is 15.8. The van der Waals surface area contributed by atoms with Crippen molar-refractivity contribution in [3.8, 4) is 11.8 Å². The molecule has 0 saturated carbocycles. The molecule has 21 heavy (non-hydrogen) atoms. The van der Waals surface area contributed by atoms with E-state index in [2.05, 4.69) is 17.2 Å². The Morgan fingerprint density at radius 2 is 2.19 bits per heavy atom. The number of aliphatic hydroxyl groups excluding tert-OH is 1. The third-order valence-electron chi connectivity index (χ3n) is 3.12. The van der Waals surface area contributed by atoms with E-state index in [1.54, 1.807) is 18.4 Å². The van der Waals surface area contributed by atoms with Gasteiger partial charge in [-0.05, 0) is 25.5 Å². The lowest BCUT2D eigenvalue weighted by molar-refractivity contribution is 0.0953. The van der Waals surface area contributed by atoms with Gasteiger partial charge < -0.3 is 10.4 Å². The number of carbonyl (C=O) groups excluding carboxylic acids is 1. The zero-order valence-corrected chi connectivity index (χ0v) is 13.4. The Morgan fingerprint density at radius 3 is 2.81 bits per heavy atom. The normalized spacial score (nSPS) is 13.0. The smallest absolute Gasteiger partial charge is 0.252 e. The molecule has 2 unspecified atom stereocenters. The average molecular weight is 307 g/mol. The second-order valence-electron chi connectivity index (χ2n) is 4.86. The van der Waals surface area contributed by atoms with Crippen molar-refractivity contribution in [2.24, 2.45) is 0 Å². The Bertz CT molecular complexity index is 587. The van der Waals surface area contributed by atoms with Crippen LogP contribution in [0, 0.1) is 18.8 Å². The third kappa shape index (κ3) is 5.70. The van der Waals surface area contributed by atoms with Crippen LogP contribution in [-0.4, -0.2) is 39.9 Å². The Balaban J connectivity index is 2.77. The van der Waals surface area contributed by atoms with Gasteiger partial charge in [0.05, 0.1) is 5.56 Å². The molecule has 0 radical (unpaired) electrons. The molecule has 1 aromatic rings. The van der Waals surface area contributed by atoms with Crippen LogP contribution in [0.5, 0.6) is 0 Å². The minimum absolute atomic E-state index is 0.0523. The van der Waals surface area contributed by atoms with Gasteiger partial charge in [0.25, 0.3) is 5.91 Å². The van der Waals surface area contributed by atoms with Crippen LogP contribution < -0.4 is 5.32 Å². The first-order valence-electron chi connectivity index (χ1n) is 6.76. The molecule has 0 aliphatic heterocycles. The van der Waals surface area contributed by atoms with Gasteiger partial charge in [-0.1, -0.05) is 30.4 Å². The van der Waals surface area contributed by atoms with E-state index in [1.165, 1.54) is 0 Å². The molecular formula is C16H21NO3S. The highest BCUT2D eigenvalue weighted by Gasteiger charge is 2.11. The molecule has 2 N–H and O–H groups in total. The Labute approximate surface area is 128 Å². The predicted molar refractivity (Wildman–Crippen MR) is 85.6 cm³/mol. The van der Waals surface area contributed by atoms with Crippen LogP contribution in [-0.2, 0) is 10.8 Å². The number of aliphatic hydroxyl groups is 1. The molecule has 5 heteroatoms. The minimum atomic E-state index is -0.883. The van der Waals surface area contributed by atoms with Crippen LogP contribution in [0.1, 0.15) is 34.8 Å². The molecule has 1 amide bonds. The van der Waals surface area contributed by atoms with E-state index >= 15 is 0 Å². The maximum absolute atomic E-state index is 12.2. The van der Waals surface area contributed by atoms with Crippen LogP contribution in [0.25, 0.3) is 0 Å². The summed E-state index contributed by atoms with van der Waals surface area (Å²) in [5, 5.41) is 11.6. The molecule has 0 bridgehead atoms. The maximum atomic E-state index is 12.2. The van der Waals surface area contributed by atoms with E-state index < -0.39 is 10.8 Å².